The third-order valence-electron chi connectivity index (χ3n) is 3.88. The Bertz CT molecular complexity index is 624. The number of nitrogens with two attached hydrogens (primary N) is 1. The van der Waals surface area contributed by atoms with Gasteiger partial charge in [-0.25, -0.2) is 4.79 Å². The molecular formula is C17H18N2OS. The minimum atomic E-state index is -0.376. The summed E-state index contributed by atoms with van der Waals surface area (Å²) in [5, 5.41) is 0. The van der Waals surface area contributed by atoms with Crippen molar-refractivity contribution < 1.29 is 4.79 Å². The second-order valence-electron chi connectivity index (χ2n) is 5.05. The number of primary amides is 1. The van der Waals surface area contributed by atoms with Crippen molar-refractivity contribution in [2.24, 2.45) is 5.73 Å². The third kappa shape index (κ3) is 2.51. The molecule has 0 spiro atoms. The van der Waals surface area contributed by atoms with Crippen LogP contribution in [0, 0.1) is 0 Å². The van der Waals surface area contributed by atoms with Gasteiger partial charge in [-0.15, -0.1) is 11.8 Å². The van der Waals surface area contributed by atoms with Gasteiger partial charge in [-0.05, 0) is 29.7 Å². The summed E-state index contributed by atoms with van der Waals surface area (Å²) in [5.74, 6) is 0.917. The van der Waals surface area contributed by atoms with Gasteiger partial charge in [-0.3, -0.25) is 0 Å². The summed E-state index contributed by atoms with van der Waals surface area (Å²) in [4.78, 5) is 14.9. The van der Waals surface area contributed by atoms with E-state index < -0.39 is 0 Å². The second kappa shape index (κ2) is 5.82. The molecule has 1 aliphatic heterocycles. The van der Waals surface area contributed by atoms with E-state index in [2.05, 4.69) is 24.3 Å². The number of hydrogen-bond donors (Lipinski definition) is 1. The van der Waals surface area contributed by atoms with Gasteiger partial charge in [0.15, 0.2) is 0 Å². The highest BCUT2D eigenvalue weighted by atomic mass is 32.2. The molecule has 1 atom stereocenters. The number of rotatable bonds is 2. The largest absolute Gasteiger partial charge is 0.351 e. The fourth-order valence-electron chi connectivity index (χ4n) is 2.89. The zero-order valence-electron chi connectivity index (χ0n) is 12.0. The molecule has 1 aliphatic rings. The van der Waals surface area contributed by atoms with E-state index >= 15 is 0 Å². The average Bonchev–Trinajstić information content (AvgIpc) is 2.66. The molecule has 0 bridgehead atoms. The summed E-state index contributed by atoms with van der Waals surface area (Å²) in [5.41, 5.74) is 9.23. The molecule has 0 saturated carbocycles. The van der Waals surface area contributed by atoms with Gasteiger partial charge in [0, 0.05) is 17.2 Å². The van der Waals surface area contributed by atoms with Crippen molar-refractivity contribution in [1.82, 2.24) is 4.90 Å². The van der Waals surface area contributed by atoms with Gasteiger partial charge in [-0.2, -0.15) is 0 Å². The van der Waals surface area contributed by atoms with Crippen molar-refractivity contribution in [2.75, 3.05) is 6.54 Å². The Labute approximate surface area is 129 Å². The highest BCUT2D eigenvalue weighted by Gasteiger charge is 2.29. The van der Waals surface area contributed by atoms with Crippen LogP contribution in [-0.4, -0.2) is 17.5 Å². The molecule has 2 aromatic carbocycles. The van der Waals surface area contributed by atoms with Crippen molar-refractivity contribution in [3.8, 4) is 0 Å². The zero-order valence-corrected chi connectivity index (χ0v) is 12.8. The molecule has 0 saturated heterocycles. The molecule has 0 radical (unpaired) electrons. The van der Waals surface area contributed by atoms with Crippen LogP contribution in [0.25, 0.3) is 0 Å². The Morgan fingerprint density at radius 2 is 1.86 bits per heavy atom. The zero-order chi connectivity index (χ0) is 14.8. The van der Waals surface area contributed by atoms with E-state index in [0.717, 1.165) is 11.3 Å². The molecular weight excluding hydrogens is 280 g/mol. The van der Waals surface area contributed by atoms with Crippen LogP contribution in [0.5, 0.6) is 0 Å². The van der Waals surface area contributed by atoms with Crippen LogP contribution in [0.3, 0.4) is 0 Å². The third-order valence-corrected chi connectivity index (χ3v) is 5.02. The quantitative estimate of drug-likeness (QED) is 0.917. The van der Waals surface area contributed by atoms with Gasteiger partial charge in [0.1, 0.15) is 0 Å². The predicted molar refractivity (Wildman–Crippen MR) is 86.3 cm³/mol. The SMILES string of the molecule is CCN(C(N)=O)C1c2ccccc2CSc2ccccc21. The van der Waals surface area contributed by atoms with Gasteiger partial charge < -0.3 is 10.6 Å². The highest BCUT2D eigenvalue weighted by molar-refractivity contribution is 7.98. The van der Waals surface area contributed by atoms with Crippen LogP contribution >= 0.6 is 11.8 Å². The lowest BCUT2D eigenvalue weighted by molar-refractivity contribution is 0.197. The van der Waals surface area contributed by atoms with Crippen LogP contribution in [0.15, 0.2) is 53.4 Å². The number of amides is 2. The van der Waals surface area contributed by atoms with Crippen molar-refractivity contribution in [1.29, 1.82) is 0 Å². The fraction of sp³-hybridized carbons (Fsp3) is 0.235. The Morgan fingerprint density at radius 3 is 2.57 bits per heavy atom. The Hall–Kier alpha value is -1.94. The predicted octanol–water partition coefficient (Wildman–Crippen LogP) is 3.78. The molecule has 1 heterocycles. The number of carbonyl (C=O) groups excluding carboxylic acids is 1. The number of nitrogens with zero attached hydrogens (tertiary/aromatic N) is 1. The first-order chi connectivity index (χ1) is 10.2. The maximum absolute atomic E-state index is 11.9. The molecule has 21 heavy (non-hydrogen) atoms. The molecule has 3 rings (SSSR count). The van der Waals surface area contributed by atoms with Gasteiger partial charge in [0.2, 0.25) is 0 Å². The Kier molecular flexibility index (Phi) is 3.88. The topological polar surface area (TPSA) is 46.3 Å². The Balaban J connectivity index is 2.22. The summed E-state index contributed by atoms with van der Waals surface area (Å²) in [6, 6.07) is 16.1. The highest BCUT2D eigenvalue weighted by Crippen LogP contribution is 2.41. The van der Waals surface area contributed by atoms with Crippen molar-refractivity contribution in [3.63, 3.8) is 0 Å². The minimum Gasteiger partial charge on any atom is -0.351 e. The summed E-state index contributed by atoms with van der Waals surface area (Å²) in [6.07, 6.45) is 0. The molecule has 2 amide bonds. The molecule has 1 unspecified atom stereocenters. The van der Waals surface area contributed by atoms with Crippen LogP contribution in [0.4, 0.5) is 4.79 Å². The lowest BCUT2D eigenvalue weighted by Crippen LogP contribution is -2.39. The van der Waals surface area contributed by atoms with E-state index in [1.165, 1.54) is 16.0 Å². The van der Waals surface area contributed by atoms with E-state index in [4.69, 9.17) is 5.73 Å². The molecule has 0 fully saturated rings. The monoisotopic (exact) mass is 298 g/mol. The number of urea groups is 1. The van der Waals surface area contributed by atoms with Crippen molar-refractivity contribution in [2.45, 2.75) is 23.6 Å². The van der Waals surface area contributed by atoms with E-state index in [0.29, 0.717) is 6.54 Å². The summed E-state index contributed by atoms with van der Waals surface area (Å²) >= 11 is 1.82. The first-order valence-corrected chi connectivity index (χ1v) is 8.06. The lowest BCUT2D eigenvalue weighted by atomic mass is 9.94. The standard InChI is InChI=1S/C17H18N2OS/c1-2-19(17(18)20)16-13-8-4-3-7-12(13)11-21-15-10-6-5-9-14(15)16/h3-10,16H,2,11H2,1H3,(H2,18,20). The average molecular weight is 298 g/mol. The molecule has 4 heteroatoms. The van der Waals surface area contributed by atoms with Crippen molar-refractivity contribution in [3.05, 3.63) is 65.2 Å². The maximum Gasteiger partial charge on any atom is 0.315 e. The first-order valence-electron chi connectivity index (χ1n) is 7.08. The fourth-order valence-corrected chi connectivity index (χ4v) is 3.99. The molecule has 3 nitrogen and oxygen atoms in total. The number of carbonyl (C=O) groups is 1. The summed E-state index contributed by atoms with van der Waals surface area (Å²) < 4.78 is 0. The normalized spacial score (nSPS) is 16.5. The molecule has 0 aromatic heterocycles. The van der Waals surface area contributed by atoms with E-state index in [9.17, 15) is 4.79 Å². The van der Waals surface area contributed by atoms with E-state index in [1.54, 1.807) is 4.90 Å². The van der Waals surface area contributed by atoms with Gasteiger partial charge in [-0.1, -0.05) is 42.5 Å². The number of hydrogen-bond acceptors (Lipinski definition) is 2. The molecule has 2 aromatic rings. The number of fused-ring (bicyclic) bond motifs is 2. The second-order valence-corrected chi connectivity index (χ2v) is 6.07. The minimum absolute atomic E-state index is 0.102. The van der Waals surface area contributed by atoms with Gasteiger partial charge >= 0.3 is 6.03 Å². The summed E-state index contributed by atoms with van der Waals surface area (Å²) in [6.45, 7) is 2.56. The summed E-state index contributed by atoms with van der Waals surface area (Å²) in [7, 11) is 0. The van der Waals surface area contributed by atoms with Gasteiger partial charge in [0.05, 0.1) is 6.04 Å². The van der Waals surface area contributed by atoms with Crippen LogP contribution in [-0.2, 0) is 5.75 Å². The Morgan fingerprint density at radius 1 is 1.19 bits per heavy atom. The van der Waals surface area contributed by atoms with Gasteiger partial charge in [0.25, 0.3) is 0 Å². The molecule has 108 valence electrons. The van der Waals surface area contributed by atoms with E-state index in [-0.39, 0.29) is 12.1 Å². The van der Waals surface area contributed by atoms with Crippen molar-refractivity contribution >= 4 is 17.8 Å². The number of benzene rings is 2. The molecule has 2 N–H and O–H groups in total. The van der Waals surface area contributed by atoms with Crippen LogP contribution < -0.4 is 5.73 Å². The van der Waals surface area contributed by atoms with Crippen LogP contribution in [0.2, 0.25) is 0 Å². The number of thioether (sulfide) groups is 1. The molecule has 0 aliphatic carbocycles. The lowest BCUT2D eigenvalue weighted by Gasteiger charge is -2.31. The maximum atomic E-state index is 11.9. The smallest absolute Gasteiger partial charge is 0.315 e. The van der Waals surface area contributed by atoms with Crippen LogP contribution in [0.1, 0.15) is 29.7 Å². The van der Waals surface area contributed by atoms with E-state index in [1.807, 2.05) is 43.0 Å². The first kappa shape index (κ1) is 14.0.